The minimum absolute atomic E-state index is 0.229. The van der Waals surface area contributed by atoms with E-state index in [4.69, 9.17) is 18.9 Å². The number of fused-ring (bicyclic) bond motifs is 2. The maximum absolute atomic E-state index is 14.6. The number of likely N-dealkylation sites (tertiary alicyclic amines) is 1. The Morgan fingerprint density at radius 2 is 2.00 bits per heavy atom. The van der Waals surface area contributed by atoms with Crippen LogP contribution in [0, 0.1) is 0 Å². The molecule has 3 saturated heterocycles. The number of rotatable bonds is 7. The van der Waals surface area contributed by atoms with E-state index in [1.54, 1.807) is 30.2 Å². The van der Waals surface area contributed by atoms with Gasteiger partial charge in [0.1, 0.15) is 41.4 Å². The molecule has 2 aromatic rings. The Morgan fingerprint density at radius 1 is 1.26 bits per heavy atom. The van der Waals surface area contributed by atoms with Crippen LogP contribution in [0.25, 0.3) is 5.52 Å². The first-order valence-corrected chi connectivity index (χ1v) is 14.4. The molecule has 39 heavy (non-hydrogen) atoms. The van der Waals surface area contributed by atoms with Gasteiger partial charge < -0.3 is 24.3 Å². The Balaban J connectivity index is 1.31. The number of hydrogen-bond donors (Lipinski definition) is 1. The van der Waals surface area contributed by atoms with Crippen molar-refractivity contribution in [2.45, 2.75) is 100 Å². The lowest BCUT2D eigenvalue weighted by Gasteiger charge is -2.29. The Kier molecular flexibility index (Phi) is 7.59. The summed E-state index contributed by atoms with van der Waals surface area (Å²) >= 11 is 1.53. The number of alkyl carbamates (subject to hydrolysis) is 1. The van der Waals surface area contributed by atoms with Crippen LogP contribution in [0.2, 0.25) is 0 Å². The first-order valence-electron chi connectivity index (χ1n) is 13.2. The normalized spacial score (nSPS) is 30.1. The standard InChI is InChI=1S/C26H37F2N5O5S/c1-24(2,3)38-23(34)29-10-9-15-11-26(27,28)13-32(15)12-18-20-21(37-25(4,5)36-20)19(35-18)16-7-8-17-22(39-6)30-14-31-33(16)17/h7-8,14-15,18-21H,9-13H2,1-6H3,(H,29,34)/t15-,18-,19+,20-,21+/m1/s1. The Morgan fingerprint density at radius 3 is 2.72 bits per heavy atom. The quantitative estimate of drug-likeness (QED) is 0.496. The van der Waals surface area contributed by atoms with Gasteiger partial charge in [-0.15, -0.1) is 11.8 Å². The van der Waals surface area contributed by atoms with Gasteiger partial charge in [0.05, 0.1) is 17.8 Å². The molecular weight excluding hydrogens is 532 g/mol. The number of nitrogens with zero attached hydrogens (tertiary/aromatic N) is 4. The second kappa shape index (κ2) is 10.4. The van der Waals surface area contributed by atoms with Gasteiger partial charge in [0.2, 0.25) is 0 Å². The molecule has 5 heterocycles. The Hall–Kier alpha value is -2.06. The monoisotopic (exact) mass is 569 g/mol. The maximum atomic E-state index is 14.6. The van der Waals surface area contributed by atoms with Crippen LogP contribution in [0.4, 0.5) is 13.6 Å². The SMILES string of the molecule is CSc1ncnn2c([C@@H]3O[C@H](CN4CC(F)(F)C[C@H]4CCNC(=O)OC(C)(C)C)[C@H]4OC(C)(C)O[C@H]43)ccc12. The summed E-state index contributed by atoms with van der Waals surface area (Å²) in [5.41, 5.74) is 1.03. The van der Waals surface area contributed by atoms with Crippen LogP contribution in [-0.4, -0.2) is 93.1 Å². The van der Waals surface area contributed by atoms with Crippen LogP contribution in [0.5, 0.6) is 0 Å². The zero-order valence-corrected chi connectivity index (χ0v) is 24.0. The van der Waals surface area contributed by atoms with Crippen LogP contribution >= 0.6 is 11.8 Å². The molecule has 3 fully saturated rings. The molecule has 0 spiro atoms. The summed E-state index contributed by atoms with van der Waals surface area (Å²) in [6, 6.07) is 3.46. The van der Waals surface area contributed by atoms with E-state index in [1.165, 1.54) is 18.1 Å². The van der Waals surface area contributed by atoms with Gasteiger partial charge in [0, 0.05) is 25.6 Å². The largest absolute Gasteiger partial charge is 0.444 e. The third-order valence-corrected chi connectivity index (χ3v) is 7.83. The summed E-state index contributed by atoms with van der Waals surface area (Å²) in [4.78, 5) is 18.1. The van der Waals surface area contributed by atoms with Gasteiger partial charge in [0.15, 0.2) is 5.79 Å². The van der Waals surface area contributed by atoms with Gasteiger partial charge in [-0.2, -0.15) is 5.10 Å². The molecular formula is C26H37F2N5O5S. The van der Waals surface area contributed by atoms with E-state index in [9.17, 15) is 13.6 Å². The number of amides is 1. The highest BCUT2D eigenvalue weighted by Gasteiger charge is 2.57. The lowest BCUT2D eigenvalue weighted by Crippen LogP contribution is -2.43. The lowest BCUT2D eigenvalue weighted by molar-refractivity contribution is -0.190. The molecule has 0 aromatic carbocycles. The van der Waals surface area contributed by atoms with E-state index in [1.807, 2.05) is 32.2 Å². The second-order valence-electron chi connectivity index (χ2n) is 11.8. The van der Waals surface area contributed by atoms with Gasteiger partial charge in [-0.05, 0) is 59.4 Å². The van der Waals surface area contributed by atoms with E-state index in [0.717, 1.165) is 16.2 Å². The van der Waals surface area contributed by atoms with Crippen molar-refractivity contribution in [3.05, 3.63) is 24.2 Å². The highest BCUT2D eigenvalue weighted by atomic mass is 32.2. The summed E-state index contributed by atoms with van der Waals surface area (Å²) < 4.78 is 55.3. The molecule has 0 saturated carbocycles. The number of carbonyl (C=O) groups excluding carboxylic acids is 1. The van der Waals surface area contributed by atoms with E-state index in [0.29, 0.717) is 6.42 Å². The van der Waals surface area contributed by atoms with Gasteiger partial charge in [0.25, 0.3) is 5.92 Å². The first kappa shape index (κ1) is 28.5. The smallest absolute Gasteiger partial charge is 0.407 e. The maximum Gasteiger partial charge on any atom is 0.407 e. The third-order valence-electron chi connectivity index (χ3n) is 7.13. The molecule has 5 rings (SSSR count). The van der Waals surface area contributed by atoms with Crippen molar-refractivity contribution in [2.75, 3.05) is 25.9 Å². The fraction of sp³-hybridized carbons (Fsp3) is 0.731. The van der Waals surface area contributed by atoms with E-state index < -0.39 is 53.9 Å². The molecule has 0 unspecified atom stereocenters. The molecule has 216 valence electrons. The zero-order chi connectivity index (χ0) is 28.2. The van der Waals surface area contributed by atoms with Gasteiger partial charge >= 0.3 is 6.09 Å². The number of alkyl halides is 2. The summed E-state index contributed by atoms with van der Waals surface area (Å²) in [6.07, 6.45) is 1.12. The molecule has 2 aromatic heterocycles. The molecule has 0 aliphatic carbocycles. The van der Waals surface area contributed by atoms with Crippen molar-refractivity contribution >= 4 is 23.4 Å². The third kappa shape index (κ3) is 6.17. The van der Waals surface area contributed by atoms with Crippen LogP contribution < -0.4 is 5.32 Å². The van der Waals surface area contributed by atoms with Crippen LogP contribution in [0.15, 0.2) is 23.5 Å². The Labute approximate surface area is 231 Å². The molecule has 1 amide bonds. The predicted molar refractivity (Wildman–Crippen MR) is 140 cm³/mol. The van der Waals surface area contributed by atoms with Gasteiger partial charge in [-0.25, -0.2) is 23.1 Å². The predicted octanol–water partition coefficient (Wildman–Crippen LogP) is 4.04. The summed E-state index contributed by atoms with van der Waals surface area (Å²) in [5.74, 6) is -3.67. The van der Waals surface area contributed by atoms with E-state index in [2.05, 4.69) is 15.4 Å². The zero-order valence-electron chi connectivity index (χ0n) is 23.1. The summed E-state index contributed by atoms with van der Waals surface area (Å²) in [6.45, 7) is 9.11. The molecule has 0 radical (unpaired) electrons. The number of hydrogen-bond acceptors (Lipinski definition) is 9. The average Bonchev–Trinajstić information content (AvgIpc) is 3.53. The summed E-state index contributed by atoms with van der Waals surface area (Å²) in [5, 5.41) is 7.96. The lowest BCUT2D eigenvalue weighted by atomic mass is 10.0. The fourth-order valence-electron chi connectivity index (χ4n) is 5.72. The topological polar surface area (TPSA) is 99.5 Å². The first-order chi connectivity index (χ1) is 18.3. The van der Waals surface area contributed by atoms with Crippen molar-refractivity contribution in [2.24, 2.45) is 0 Å². The van der Waals surface area contributed by atoms with Crippen LogP contribution in [0.1, 0.15) is 59.3 Å². The van der Waals surface area contributed by atoms with Crippen LogP contribution in [-0.2, 0) is 18.9 Å². The summed E-state index contributed by atoms with van der Waals surface area (Å²) in [7, 11) is 0. The molecule has 10 nitrogen and oxygen atoms in total. The van der Waals surface area contributed by atoms with Crippen molar-refractivity contribution in [3.63, 3.8) is 0 Å². The van der Waals surface area contributed by atoms with E-state index >= 15 is 0 Å². The van der Waals surface area contributed by atoms with Crippen molar-refractivity contribution in [3.8, 4) is 0 Å². The van der Waals surface area contributed by atoms with Crippen molar-refractivity contribution in [1.29, 1.82) is 0 Å². The van der Waals surface area contributed by atoms with Gasteiger partial charge in [-0.3, -0.25) is 4.90 Å². The molecule has 0 bridgehead atoms. The van der Waals surface area contributed by atoms with Crippen molar-refractivity contribution < 1.29 is 32.5 Å². The molecule has 13 heteroatoms. The van der Waals surface area contributed by atoms with Crippen LogP contribution in [0.3, 0.4) is 0 Å². The number of thioether (sulfide) groups is 1. The molecule has 3 aliphatic heterocycles. The number of halogens is 2. The van der Waals surface area contributed by atoms with Crippen molar-refractivity contribution in [1.82, 2.24) is 24.8 Å². The highest BCUT2D eigenvalue weighted by Crippen LogP contribution is 2.46. The molecule has 3 aliphatic rings. The number of aromatic nitrogens is 3. The minimum Gasteiger partial charge on any atom is -0.444 e. The number of carbonyl (C=O) groups is 1. The van der Waals surface area contributed by atoms with E-state index in [-0.39, 0.29) is 26.1 Å². The number of nitrogens with one attached hydrogen (secondary N) is 1. The van der Waals surface area contributed by atoms with Gasteiger partial charge in [-0.1, -0.05) is 0 Å². The number of ether oxygens (including phenoxy) is 4. The molecule has 1 N–H and O–H groups in total. The highest BCUT2D eigenvalue weighted by molar-refractivity contribution is 7.98. The minimum atomic E-state index is -2.83. The Bertz CT molecular complexity index is 1210. The molecule has 5 atom stereocenters. The fourth-order valence-corrected chi connectivity index (χ4v) is 6.24. The second-order valence-corrected chi connectivity index (χ2v) is 12.6. The average molecular weight is 570 g/mol.